The lowest BCUT2D eigenvalue weighted by Crippen LogP contribution is -2.14. The zero-order valence-electron chi connectivity index (χ0n) is 18.1. The number of ether oxygens (including phenoxy) is 1. The van der Waals surface area contributed by atoms with Gasteiger partial charge in [0.25, 0.3) is 5.69 Å². The van der Waals surface area contributed by atoms with Crippen molar-refractivity contribution in [1.82, 2.24) is 9.55 Å². The highest BCUT2D eigenvalue weighted by atomic mass is 32.2. The van der Waals surface area contributed by atoms with Crippen LogP contribution in [0, 0.1) is 10.1 Å². The van der Waals surface area contributed by atoms with Crippen LogP contribution in [0.25, 0.3) is 16.7 Å². The summed E-state index contributed by atoms with van der Waals surface area (Å²) in [6.45, 7) is 2.08. The number of carbonyl (C=O) groups excluding carboxylic acids is 1. The van der Waals surface area contributed by atoms with E-state index in [4.69, 9.17) is 4.74 Å². The molecule has 0 bridgehead atoms. The average Bonchev–Trinajstić information content (AvgIpc) is 3.20. The van der Waals surface area contributed by atoms with Crippen LogP contribution in [0.4, 0.5) is 11.4 Å². The van der Waals surface area contributed by atoms with Crippen molar-refractivity contribution in [2.45, 2.75) is 18.5 Å². The fourth-order valence-electron chi connectivity index (χ4n) is 3.46. The highest BCUT2D eigenvalue weighted by Gasteiger charge is 2.19. The third kappa shape index (κ3) is 4.83. The summed E-state index contributed by atoms with van der Waals surface area (Å²) in [7, 11) is 1.58. The molecule has 0 spiro atoms. The van der Waals surface area contributed by atoms with E-state index in [1.807, 2.05) is 53.1 Å². The molecule has 0 saturated carbocycles. The number of thioether (sulfide) groups is 1. The third-order valence-corrected chi connectivity index (χ3v) is 6.06. The highest BCUT2D eigenvalue weighted by Crippen LogP contribution is 2.33. The van der Waals surface area contributed by atoms with Gasteiger partial charge in [-0.25, -0.2) is 4.98 Å². The van der Waals surface area contributed by atoms with Crippen molar-refractivity contribution in [3.8, 4) is 11.4 Å². The number of rotatable bonds is 8. The van der Waals surface area contributed by atoms with Gasteiger partial charge in [-0.2, -0.15) is 0 Å². The van der Waals surface area contributed by atoms with E-state index in [-0.39, 0.29) is 17.3 Å². The molecule has 0 aliphatic carbocycles. The molecule has 4 aromatic rings. The molecule has 1 aromatic heterocycles. The molecular weight excluding hydrogens is 440 g/mol. The van der Waals surface area contributed by atoms with Gasteiger partial charge < -0.3 is 10.1 Å². The number of para-hydroxylation sites is 2. The predicted molar refractivity (Wildman–Crippen MR) is 129 cm³/mol. The first-order valence-corrected chi connectivity index (χ1v) is 11.3. The van der Waals surface area contributed by atoms with Gasteiger partial charge in [-0.3, -0.25) is 19.5 Å². The number of nitrogens with zero attached hydrogens (tertiary/aromatic N) is 3. The Morgan fingerprint density at radius 2 is 1.91 bits per heavy atom. The molecule has 0 saturated heterocycles. The van der Waals surface area contributed by atoms with Crippen LogP contribution in [0.2, 0.25) is 0 Å². The maximum Gasteiger partial charge on any atom is 0.271 e. The second-order valence-electron chi connectivity index (χ2n) is 7.22. The molecule has 0 fully saturated rings. The van der Waals surface area contributed by atoms with Gasteiger partial charge in [0.1, 0.15) is 5.75 Å². The van der Waals surface area contributed by atoms with E-state index in [9.17, 15) is 14.9 Å². The Kier molecular flexibility index (Phi) is 6.60. The summed E-state index contributed by atoms with van der Waals surface area (Å²) in [6.07, 6.45) is 0.932. The summed E-state index contributed by atoms with van der Waals surface area (Å²) in [5, 5.41) is 14.7. The molecule has 3 aromatic carbocycles. The number of amides is 1. The topological polar surface area (TPSA) is 99.3 Å². The lowest BCUT2D eigenvalue weighted by molar-refractivity contribution is -0.384. The van der Waals surface area contributed by atoms with Crippen LogP contribution in [0.1, 0.15) is 12.5 Å². The largest absolute Gasteiger partial charge is 0.495 e. The van der Waals surface area contributed by atoms with E-state index in [0.29, 0.717) is 21.9 Å². The second-order valence-corrected chi connectivity index (χ2v) is 8.16. The van der Waals surface area contributed by atoms with Gasteiger partial charge in [0, 0.05) is 17.8 Å². The van der Waals surface area contributed by atoms with Crippen LogP contribution in [-0.4, -0.2) is 33.2 Å². The molecule has 0 aliphatic heterocycles. The number of nitro benzene ring substituents is 1. The normalized spacial score (nSPS) is 10.8. The van der Waals surface area contributed by atoms with Crippen LogP contribution < -0.4 is 10.1 Å². The molecule has 1 N–H and O–H groups in total. The lowest BCUT2D eigenvalue weighted by Gasteiger charge is -2.13. The molecule has 168 valence electrons. The number of imidazole rings is 1. The maximum absolute atomic E-state index is 12.6. The van der Waals surface area contributed by atoms with E-state index in [1.54, 1.807) is 13.2 Å². The highest BCUT2D eigenvalue weighted by molar-refractivity contribution is 7.99. The monoisotopic (exact) mass is 462 g/mol. The average molecular weight is 463 g/mol. The number of hydrogen-bond donors (Lipinski definition) is 1. The number of fused-ring (bicyclic) bond motifs is 1. The smallest absolute Gasteiger partial charge is 0.271 e. The van der Waals surface area contributed by atoms with Crippen LogP contribution in [-0.2, 0) is 11.2 Å². The maximum atomic E-state index is 12.6. The molecule has 1 amide bonds. The lowest BCUT2D eigenvalue weighted by atomic mass is 10.1. The molecule has 8 nitrogen and oxygen atoms in total. The Labute approximate surface area is 194 Å². The standard InChI is InChI=1S/C24H22N4O4S/c1-3-16-8-10-17(11-9-16)25-23(29)15-33-24-26-19-14-18(28(30)31)12-13-20(19)27(24)21-6-4-5-7-22(21)32-2/h4-14H,3,15H2,1-2H3,(H,25,29). The van der Waals surface area contributed by atoms with Gasteiger partial charge in [0.05, 0.1) is 34.5 Å². The Bertz CT molecular complexity index is 1320. The first-order valence-electron chi connectivity index (χ1n) is 10.3. The zero-order chi connectivity index (χ0) is 23.4. The number of anilines is 1. The number of methoxy groups -OCH3 is 1. The minimum atomic E-state index is -0.453. The van der Waals surface area contributed by atoms with Crippen LogP contribution in [0.5, 0.6) is 5.75 Å². The van der Waals surface area contributed by atoms with E-state index in [2.05, 4.69) is 17.2 Å². The fraction of sp³-hybridized carbons (Fsp3) is 0.167. The molecule has 0 aliphatic rings. The van der Waals surface area contributed by atoms with Crippen LogP contribution >= 0.6 is 11.8 Å². The fourth-order valence-corrected chi connectivity index (χ4v) is 4.28. The molecule has 0 atom stereocenters. The third-order valence-electron chi connectivity index (χ3n) is 5.12. The van der Waals surface area contributed by atoms with E-state index in [1.165, 1.54) is 29.5 Å². The quantitative estimate of drug-likeness (QED) is 0.219. The Hall–Kier alpha value is -3.85. The van der Waals surface area contributed by atoms with Gasteiger partial charge in [-0.05, 0) is 42.3 Å². The summed E-state index contributed by atoms with van der Waals surface area (Å²) in [5.74, 6) is 0.571. The van der Waals surface area contributed by atoms with Crippen molar-refractivity contribution in [2.24, 2.45) is 0 Å². The van der Waals surface area contributed by atoms with Crippen molar-refractivity contribution >= 4 is 40.1 Å². The number of aromatic nitrogens is 2. The van der Waals surface area contributed by atoms with Gasteiger partial charge in [-0.15, -0.1) is 0 Å². The van der Waals surface area contributed by atoms with E-state index >= 15 is 0 Å². The van der Waals surface area contributed by atoms with Crippen LogP contribution in [0.3, 0.4) is 0 Å². The molecule has 0 radical (unpaired) electrons. The Morgan fingerprint density at radius 3 is 2.61 bits per heavy atom. The molecule has 9 heteroatoms. The SMILES string of the molecule is CCc1ccc(NC(=O)CSc2nc3cc([N+](=O)[O-])ccc3n2-c2ccccc2OC)cc1. The first-order chi connectivity index (χ1) is 16.0. The molecule has 33 heavy (non-hydrogen) atoms. The number of carbonyl (C=O) groups is 1. The van der Waals surface area contributed by atoms with Crippen molar-refractivity contribution in [3.63, 3.8) is 0 Å². The Morgan fingerprint density at radius 1 is 1.15 bits per heavy atom. The first kappa shape index (κ1) is 22.3. The summed E-state index contributed by atoms with van der Waals surface area (Å²) in [6, 6.07) is 19.7. The van der Waals surface area contributed by atoms with Crippen LogP contribution in [0.15, 0.2) is 71.9 Å². The summed E-state index contributed by atoms with van der Waals surface area (Å²) in [4.78, 5) is 28.0. The zero-order valence-corrected chi connectivity index (χ0v) is 19.0. The molecule has 4 rings (SSSR count). The van der Waals surface area contributed by atoms with Crippen molar-refractivity contribution in [1.29, 1.82) is 0 Å². The van der Waals surface area contributed by atoms with Gasteiger partial charge in [-0.1, -0.05) is 43.0 Å². The number of nitrogens with one attached hydrogen (secondary N) is 1. The summed E-state index contributed by atoms with van der Waals surface area (Å²) in [5.41, 5.74) is 3.76. The predicted octanol–water partition coefficient (Wildman–Crippen LogP) is 5.24. The van der Waals surface area contributed by atoms with Crippen molar-refractivity contribution in [3.05, 3.63) is 82.4 Å². The van der Waals surface area contributed by atoms with E-state index in [0.717, 1.165) is 17.8 Å². The van der Waals surface area contributed by atoms with Gasteiger partial charge in [0.15, 0.2) is 5.16 Å². The minimum Gasteiger partial charge on any atom is -0.495 e. The van der Waals surface area contributed by atoms with Gasteiger partial charge in [0.2, 0.25) is 5.91 Å². The number of nitro groups is 1. The van der Waals surface area contributed by atoms with Gasteiger partial charge >= 0.3 is 0 Å². The molecule has 0 unspecified atom stereocenters. The minimum absolute atomic E-state index is 0.0444. The number of benzene rings is 3. The molecule has 1 heterocycles. The van der Waals surface area contributed by atoms with Crippen molar-refractivity contribution in [2.75, 3.05) is 18.2 Å². The number of aryl methyl sites for hydroxylation is 1. The number of hydrogen-bond acceptors (Lipinski definition) is 6. The number of non-ortho nitro benzene ring substituents is 1. The molecular formula is C24H22N4O4S. The Balaban J connectivity index is 1.65. The summed E-state index contributed by atoms with van der Waals surface area (Å²) < 4.78 is 7.37. The second kappa shape index (κ2) is 9.74. The van der Waals surface area contributed by atoms with Crippen molar-refractivity contribution < 1.29 is 14.5 Å². The van der Waals surface area contributed by atoms with E-state index < -0.39 is 4.92 Å². The summed E-state index contributed by atoms with van der Waals surface area (Å²) >= 11 is 1.25.